The number of amides is 1. The lowest BCUT2D eigenvalue weighted by Crippen LogP contribution is -2.47. The van der Waals surface area contributed by atoms with E-state index < -0.39 is 0 Å². The normalized spacial score (nSPS) is 40.9. The molecule has 3 atom stereocenters. The van der Waals surface area contributed by atoms with Crippen LogP contribution in [0.5, 0.6) is 0 Å². The van der Waals surface area contributed by atoms with Crippen LogP contribution in [0.15, 0.2) is 0 Å². The van der Waals surface area contributed by atoms with E-state index in [1.54, 1.807) is 0 Å². The van der Waals surface area contributed by atoms with Crippen LogP contribution in [0.4, 0.5) is 0 Å². The lowest BCUT2D eigenvalue weighted by molar-refractivity contribution is -0.142. The Labute approximate surface area is 102 Å². The first kappa shape index (κ1) is 11.5. The molecule has 0 aromatic rings. The molecule has 0 radical (unpaired) electrons. The maximum absolute atomic E-state index is 12.4. The third kappa shape index (κ3) is 2.08. The molecular weight excluding hydrogens is 218 g/mol. The average molecular weight is 239 g/mol. The van der Waals surface area contributed by atoms with Crippen molar-refractivity contribution < 1.29 is 14.6 Å². The van der Waals surface area contributed by atoms with Crippen molar-refractivity contribution in [1.29, 1.82) is 0 Å². The van der Waals surface area contributed by atoms with Crippen molar-refractivity contribution in [2.24, 2.45) is 17.8 Å². The molecule has 0 aromatic heterocycles. The van der Waals surface area contributed by atoms with Gasteiger partial charge < -0.3 is 14.7 Å². The molecule has 1 saturated heterocycles. The molecule has 1 N–H and O–H groups in total. The molecule has 3 unspecified atom stereocenters. The summed E-state index contributed by atoms with van der Waals surface area (Å²) in [6.07, 6.45) is 4.91. The standard InChI is InChI=1S/C13H21NO3/c15-8-9-7-14(5-6-17-9)13(16)12-10-3-1-2-4-11(10)12/h9-12,15H,1-8H2. The second-order valence-electron chi connectivity index (χ2n) is 5.60. The second kappa shape index (κ2) is 4.58. The number of rotatable bonds is 2. The first-order valence-electron chi connectivity index (χ1n) is 6.82. The summed E-state index contributed by atoms with van der Waals surface area (Å²) in [5.74, 6) is 1.97. The van der Waals surface area contributed by atoms with Crippen LogP contribution >= 0.6 is 0 Å². The van der Waals surface area contributed by atoms with Gasteiger partial charge in [0.2, 0.25) is 5.91 Å². The zero-order valence-electron chi connectivity index (χ0n) is 10.2. The molecule has 2 saturated carbocycles. The number of aliphatic hydroxyl groups is 1. The Hall–Kier alpha value is -0.610. The molecule has 4 nitrogen and oxygen atoms in total. The van der Waals surface area contributed by atoms with Gasteiger partial charge in [0.15, 0.2) is 0 Å². The van der Waals surface area contributed by atoms with E-state index in [1.807, 2.05) is 4.90 Å². The fourth-order valence-electron chi connectivity index (χ4n) is 3.60. The number of morpholine rings is 1. The summed E-state index contributed by atoms with van der Waals surface area (Å²) in [6.45, 7) is 1.86. The summed E-state index contributed by atoms with van der Waals surface area (Å²) < 4.78 is 5.38. The van der Waals surface area contributed by atoms with E-state index in [-0.39, 0.29) is 12.7 Å². The zero-order valence-corrected chi connectivity index (χ0v) is 10.2. The van der Waals surface area contributed by atoms with Gasteiger partial charge in [-0.2, -0.15) is 0 Å². The fourth-order valence-corrected chi connectivity index (χ4v) is 3.60. The summed E-state index contributed by atoms with van der Waals surface area (Å²) >= 11 is 0. The third-order valence-corrected chi connectivity index (χ3v) is 4.60. The van der Waals surface area contributed by atoms with E-state index in [0.717, 1.165) is 0 Å². The minimum atomic E-state index is -0.173. The van der Waals surface area contributed by atoms with Crippen LogP contribution in [0.2, 0.25) is 0 Å². The van der Waals surface area contributed by atoms with Crippen LogP contribution in [0.25, 0.3) is 0 Å². The van der Waals surface area contributed by atoms with Gasteiger partial charge in [0, 0.05) is 19.0 Å². The zero-order chi connectivity index (χ0) is 11.8. The SMILES string of the molecule is O=C(C1C2CCCCC21)N1CCOC(CO)C1. The predicted molar refractivity (Wildman–Crippen MR) is 62.3 cm³/mol. The van der Waals surface area contributed by atoms with Crippen molar-refractivity contribution in [3.05, 3.63) is 0 Å². The van der Waals surface area contributed by atoms with Crippen molar-refractivity contribution in [2.75, 3.05) is 26.3 Å². The number of ether oxygens (including phenoxy) is 1. The van der Waals surface area contributed by atoms with Crippen LogP contribution in [0.1, 0.15) is 25.7 Å². The molecule has 1 amide bonds. The first-order chi connectivity index (χ1) is 8.31. The van der Waals surface area contributed by atoms with Crippen molar-refractivity contribution in [3.8, 4) is 0 Å². The number of nitrogens with zero attached hydrogens (tertiary/aromatic N) is 1. The first-order valence-corrected chi connectivity index (χ1v) is 6.82. The van der Waals surface area contributed by atoms with Crippen LogP contribution in [-0.2, 0) is 9.53 Å². The number of carbonyl (C=O) groups is 1. The lowest BCUT2D eigenvalue weighted by atomic mass is 10.0. The van der Waals surface area contributed by atoms with Crippen LogP contribution in [-0.4, -0.2) is 48.3 Å². The Morgan fingerprint density at radius 3 is 2.65 bits per heavy atom. The number of aliphatic hydroxyl groups excluding tert-OH is 1. The number of fused-ring (bicyclic) bond motifs is 1. The van der Waals surface area contributed by atoms with Gasteiger partial charge in [0.1, 0.15) is 0 Å². The van der Waals surface area contributed by atoms with Crippen molar-refractivity contribution >= 4 is 5.91 Å². The second-order valence-corrected chi connectivity index (χ2v) is 5.60. The molecule has 0 aromatic carbocycles. The number of hydrogen-bond donors (Lipinski definition) is 1. The molecule has 4 heteroatoms. The Morgan fingerprint density at radius 1 is 1.29 bits per heavy atom. The highest BCUT2D eigenvalue weighted by Gasteiger charge is 2.55. The molecular formula is C13H21NO3. The lowest BCUT2D eigenvalue weighted by Gasteiger charge is -2.32. The highest BCUT2D eigenvalue weighted by atomic mass is 16.5. The van der Waals surface area contributed by atoms with E-state index in [2.05, 4.69) is 0 Å². The fraction of sp³-hybridized carbons (Fsp3) is 0.923. The summed E-state index contributed by atoms with van der Waals surface area (Å²) in [4.78, 5) is 14.3. The van der Waals surface area contributed by atoms with Gasteiger partial charge >= 0.3 is 0 Å². The Balaban J connectivity index is 1.59. The van der Waals surface area contributed by atoms with Crippen molar-refractivity contribution in [2.45, 2.75) is 31.8 Å². The highest BCUT2D eigenvalue weighted by Crippen LogP contribution is 2.56. The molecule has 17 heavy (non-hydrogen) atoms. The highest BCUT2D eigenvalue weighted by molar-refractivity contribution is 5.82. The quantitative estimate of drug-likeness (QED) is 0.769. The van der Waals surface area contributed by atoms with Crippen LogP contribution < -0.4 is 0 Å². The predicted octanol–water partition coefficient (Wildman–Crippen LogP) is 0.642. The maximum Gasteiger partial charge on any atom is 0.226 e. The Kier molecular flexibility index (Phi) is 3.09. The molecule has 3 rings (SSSR count). The molecule has 96 valence electrons. The summed E-state index contributed by atoms with van der Waals surface area (Å²) in [7, 11) is 0. The van der Waals surface area contributed by atoms with Crippen molar-refractivity contribution in [3.63, 3.8) is 0 Å². The minimum Gasteiger partial charge on any atom is -0.394 e. The molecule has 0 bridgehead atoms. The van der Waals surface area contributed by atoms with Crippen LogP contribution in [0.3, 0.4) is 0 Å². The van der Waals surface area contributed by atoms with Gasteiger partial charge in [-0.1, -0.05) is 12.8 Å². The minimum absolute atomic E-state index is 0.0152. The van der Waals surface area contributed by atoms with Gasteiger partial charge in [-0.25, -0.2) is 0 Å². The Bertz CT molecular complexity index is 295. The largest absolute Gasteiger partial charge is 0.394 e. The summed E-state index contributed by atoms with van der Waals surface area (Å²) in [6, 6.07) is 0. The summed E-state index contributed by atoms with van der Waals surface area (Å²) in [5.41, 5.74) is 0. The van der Waals surface area contributed by atoms with Gasteiger partial charge in [0.05, 0.1) is 19.3 Å². The number of carbonyl (C=O) groups excluding carboxylic acids is 1. The Morgan fingerprint density at radius 2 is 2.00 bits per heavy atom. The van der Waals surface area contributed by atoms with E-state index in [1.165, 1.54) is 25.7 Å². The molecule has 0 spiro atoms. The third-order valence-electron chi connectivity index (χ3n) is 4.60. The summed E-state index contributed by atoms with van der Waals surface area (Å²) in [5, 5.41) is 9.09. The van der Waals surface area contributed by atoms with Gasteiger partial charge in [-0.3, -0.25) is 4.79 Å². The molecule has 2 aliphatic carbocycles. The van der Waals surface area contributed by atoms with E-state index in [4.69, 9.17) is 9.84 Å². The topological polar surface area (TPSA) is 49.8 Å². The monoisotopic (exact) mass is 239 g/mol. The number of hydrogen-bond acceptors (Lipinski definition) is 3. The average Bonchev–Trinajstić information content (AvgIpc) is 3.12. The van der Waals surface area contributed by atoms with Gasteiger partial charge in [-0.15, -0.1) is 0 Å². The smallest absolute Gasteiger partial charge is 0.226 e. The molecule has 3 aliphatic rings. The van der Waals surface area contributed by atoms with Crippen molar-refractivity contribution in [1.82, 2.24) is 4.90 Å². The maximum atomic E-state index is 12.4. The van der Waals surface area contributed by atoms with E-state index in [0.29, 0.717) is 43.4 Å². The molecule has 1 heterocycles. The van der Waals surface area contributed by atoms with Crippen LogP contribution in [0, 0.1) is 17.8 Å². The molecule has 3 fully saturated rings. The van der Waals surface area contributed by atoms with Gasteiger partial charge in [-0.05, 0) is 24.7 Å². The van der Waals surface area contributed by atoms with Gasteiger partial charge in [0.25, 0.3) is 0 Å². The molecule has 1 aliphatic heterocycles. The van der Waals surface area contributed by atoms with E-state index in [9.17, 15) is 4.79 Å². The van der Waals surface area contributed by atoms with E-state index >= 15 is 0 Å².